The van der Waals surface area contributed by atoms with Crippen LogP contribution in [0.25, 0.3) is 16.5 Å². The van der Waals surface area contributed by atoms with E-state index in [1.807, 2.05) is 28.4 Å². The van der Waals surface area contributed by atoms with Gasteiger partial charge in [0.05, 0.1) is 28.6 Å². The van der Waals surface area contributed by atoms with Gasteiger partial charge in [-0.05, 0) is 23.8 Å². The van der Waals surface area contributed by atoms with E-state index in [4.69, 9.17) is 4.74 Å². The lowest BCUT2D eigenvalue weighted by Crippen LogP contribution is -1.96. The van der Waals surface area contributed by atoms with Crippen LogP contribution in [0, 0.1) is 10.1 Å². The van der Waals surface area contributed by atoms with Gasteiger partial charge in [-0.1, -0.05) is 12.6 Å². The maximum atomic E-state index is 11.3. The number of halogens is 2. The van der Waals surface area contributed by atoms with Crippen molar-refractivity contribution in [3.8, 4) is 5.75 Å². The molecule has 0 unspecified atom stereocenters. The molecule has 140 valence electrons. The highest BCUT2D eigenvalue weighted by atomic mass is 127. The van der Waals surface area contributed by atoms with Gasteiger partial charge in [0.1, 0.15) is 5.75 Å². The van der Waals surface area contributed by atoms with Crippen molar-refractivity contribution < 1.29 is 9.66 Å². The summed E-state index contributed by atoms with van der Waals surface area (Å²) in [6.07, 6.45) is 1.98. The number of nitro groups is 1. The van der Waals surface area contributed by atoms with Crippen LogP contribution in [0.2, 0.25) is 0 Å². The Labute approximate surface area is 188 Å². The number of hydrogen-bond acceptors (Lipinski definition) is 6. The summed E-state index contributed by atoms with van der Waals surface area (Å²) < 4.78 is 10.7. The van der Waals surface area contributed by atoms with Crippen molar-refractivity contribution in [3.63, 3.8) is 0 Å². The smallest absolute Gasteiger partial charge is 0.270 e. The summed E-state index contributed by atoms with van der Waals surface area (Å²) in [4.78, 5) is 10.9. The number of nitrogens with zero attached hydrogens (tertiary/aromatic N) is 2. The van der Waals surface area contributed by atoms with Crippen LogP contribution in [-0.4, -0.2) is 16.0 Å². The van der Waals surface area contributed by atoms with Crippen LogP contribution in [0.15, 0.2) is 49.2 Å². The van der Waals surface area contributed by atoms with Crippen molar-refractivity contribution in [2.45, 2.75) is 0 Å². The number of benzene rings is 2. The number of hydrogen-bond donors (Lipinski definition) is 1. The van der Waals surface area contributed by atoms with E-state index in [0.29, 0.717) is 11.1 Å². The van der Waals surface area contributed by atoms with Crippen molar-refractivity contribution in [1.82, 2.24) is 3.97 Å². The predicted octanol–water partition coefficient (Wildman–Crippen LogP) is 6.88. The molecule has 0 aliphatic rings. The number of anilines is 1. The molecule has 0 saturated carbocycles. The Kier molecular flexibility index (Phi) is 6.81. The van der Waals surface area contributed by atoms with E-state index in [2.05, 4.69) is 53.7 Å². The van der Waals surface area contributed by atoms with Crippen LogP contribution in [-0.2, 0) is 0 Å². The Morgan fingerprint density at radius 2 is 2.07 bits per heavy atom. The van der Waals surface area contributed by atoms with Gasteiger partial charge in [-0.3, -0.25) is 14.1 Å². The Morgan fingerprint density at radius 1 is 1.30 bits per heavy atom. The second-order valence-corrected chi connectivity index (χ2v) is 8.83. The Morgan fingerprint density at radius 3 is 2.70 bits per heavy atom. The minimum Gasteiger partial charge on any atom is -0.496 e. The Bertz CT molecular complexity index is 1040. The highest BCUT2D eigenvalue weighted by Crippen LogP contribution is 2.41. The summed E-state index contributed by atoms with van der Waals surface area (Å²) in [7, 11) is 4.55. The van der Waals surface area contributed by atoms with Crippen LogP contribution in [0.1, 0.15) is 11.1 Å². The zero-order chi connectivity index (χ0) is 19.6. The first-order chi connectivity index (χ1) is 13.0. The maximum Gasteiger partial charge on any atom is 0.270 e. The third-order valence-electron chi connectivity index (χ3n) is 4.06. The second kappa shape index (κ2) is 8.92. The Balaban J connectivity index is 2.25. The topological polar surface area (TPSA) is 69.3 Å². The molecule has 1 heterocycles. The number of nitro benzene ring substituents is 1. The van der Waals surface area contributed by atoms with Crippen LogP contribution in [0.3, 0.4) is 0 Å². The van der Waals surface area contributed by atoms with Crippen molar-refractivity contribution in [3.05, 3.63) is 70.4 Å². The first kappa shape index (κ1) is 20.6. The molecule has 0 aliphatic heterocycles. The first-order valence-electron chi connectivity index (χ1n) is 7.50. The highest BCUT2D eigenvalue weighted by Gasteiger charge is 2.20. The molecule has 0 spiro atoms. The third-order valence-corrected chi connectivity index (χ3v) is 6.75. The number of methoxy groups -OCH3 is 1. The van der Waals surface area contributed by atoms with Gasteiger partial charge in [0.25, 0.3) is 5.69 Å². The van der Waals surface area contributed by atoms with E-state index in [1.54, 1.807) is 19.2 Å². The summed E-state index contributed by atoms with van der Waals surface area (Å²) in [5.41, 5.74) is 4.01. The quantitative estimate of drug-likeness (QED) is 0.134. The molecule has 0 radical (unpaired) electrons. The van der Waals surface area contributed by atoms with Crippen LogP contribution < -0.4 is 9.46 Å². The summed E-state index contributed by atoms with van der Waals surface area (Å²) in [6, 6.07) is 10.6. The van der Waals surface area contributed by atoms with Gasteiger partial charge in [-0.15, -0.1) is 0 Å². The maximum absolute atomic E-state index is 11.3. The summed E-state index contributed by atoms with van der Waals surface area (Å²) in [5, 5.41) is 12.2. The van der Waals surface area contributed by atoms with Gasteiger partial charge in [0.2, 0.25) is 0 Å². The van der Waals surface area contributed by atoms with E-state index in [0.717, 1.165) is 27.9 Å². The second-order valence-electron chi connectivity index (χ2n) is 5.44. The summed E-state index contributed by atoms with van der Waals surface area (Å²) in [6.45, 7) is 4.26. The summed E-state index contributed by atoms with van der Waals surface area (Å²) in [5.74, 6) is 0.732. The molecule has 6 nitrogen and oxygen atoms in total. The molecule has 0 aliphatic carbocycles. The van der Waals surface area contributed by atoms with Crippen molar-refractivity contribution >= 4 is 88.5 Å². The number of ether oxygens (including phenoxy) is 1. The Hall–Kier alpha value is -1.12. The van der Waals surface area contributed by atoms with Crippen molar-refractivity contribution in [2.75, 3.05) is 11.8 Å². The fraction of sp³-hybridized carbons (Fsp3) is 0.0588. The molecule has 0 atom stereocenters. The van der Waals surface area contributed by atoms with Crippen LogP contribution >= 0.6 is 60.6 Å². The minimum absolute atomic E-state index is 0.0223. The van der Waals surface area contributed by atoms with E-state index >= 15 is 0 Å². The fourth-order valence-corrected chi connectivity index (χ4v) is 5.17. The predicted molar refractivity (Wildman–Crippen MR) is 132 cm³/mol. The first-order valence-corrected chi connectivity index (χ1v) is 14.2. The van der Waals surface area contributed by atoms with E-state index in [9.17, 15) is 10.1 Å². The molecule has 3 aromatic rings. The largest absolute Gasteiger partial charge is 0.496 e. The lowest BCUT2D eigenvalue weighted by Gasteiger charge is -2.12. The number of aromatic nitrogens is 1. The summed E-state index contributed by atoms with van der Waals surface area (Å²) >= 11 is 4.33. The lowest BCUT2D eigenvalue weighted by atomic mass is 9.97. The molecule has 0 fully saturated rings. The van der Waals surface area contributed by atoms with Crippen LogP contribution in [0.4, 0.5) is 11.4 Å². The molecular weight excluding hydrogens is 612 g/mol. The van der Waals surface area contributed by atoms with Gasteiger partial charge >= 0.3 is 0 Å². The molecule has 10 heteroatoms. The van der Waals surface area contributed by atoms with E-state index in [-0.39, 0.29) is 5.69 Å². The molecule has 2 aromatic carbocycles. The van der Waals surface area contributed by atoms with Gasteiger partial charge in [0, 0.05) is 90.1 Å². The fourth-order valence-electron chi connectivity index (χ4n) is 2.85. The molecule has 0 amide bonds. The van der Waals surface area contributed by atoms with Gasteiger partial charge in [0.15, 0.2) is 0 Å². The number of fused-ring (bicyclic) bond motifs is 1. The lowest BCUT2D eigenvalue weighted by molar-refractivity contribution is -0.384. The number of nitrogens with one attached hydrogen (secondary N) is 1. The van der Waals surface area contributed by atoms with Crippen molar-refractivity contribution in [1.29, 1.82) is 0 Å². The molecule has 1 aromatic heterocycles. The van der Waals surface area contributed by atoms with Crippen molar-refractivity contribution in [2.24, 2.45) is 0 Å². The highest BCUT2D eigenvalue weighted by molar-refractivity contribution is 14.2. The minimum atomic E-state index is -0.400. The zero-order valence-corrected chi connectivity index (χ0v) is 19.9. The van der Waals surface area contributed by atoms with Gasteiger partial charge < -0.3 is 9.46 Å². The van der Waals surface area contributed by atoms with E-state index in [1.165, 1.54) is 24.3 Å². The number of non-ortho nitro benzene ring substituents is 1. The normalized spacial score (nSPS) is 10.8. The number of rotatable bonds is 7. The molecule has 3 rings (SSSR count). The van der Waals surface area contributed by atoms with Gasteiger partial charge in [-0.2, -0.15) is 0 Å². The molecule has 1 N–H and O–H groups in total. The molecule has 0 bridgehead atoms. The molecular formula is C17H13I2N3O3S2. The zero-order valence-electron chi connectivity index (χ0n) is 13.9. The monoisotopic (exact) mass is 625 g/mol. The SMILES string of the molecule is C=C(c1cc([N+](=O)[O-])ccc1NSI)c1cn(SI)c2cccc(OC)c12. The van der Waals surface area contributed by atoms with Gasteiger partial charge in [-0.25, -0.2) is 0 Å². The average molecular weight is 625 g/mol. The average Bonchev–Trinajstić information content (AvgIpc) is 3.06. The van der Waals surface area contributed by atoms with Crippen LogP contribution in [0.5, 0.6) is 5.75 Å². The van der Waals surface area contributed by atoms with E-state index < -0.39 is 4.92 Å². The molecule has 27 heavy (non-hydrogen) atoms. The molecule has 0 saturated heterocycles. The third kappa shape index (κ3) is 4.03. The standard InChI is InChI=1S/C17H13I2N3O3S2/c1-10(12-8-11(22(23)24)6-7-14(12)20-26-18)13-9-21(27-19)15-4-3-5-16(25-2)17(13)15/h3-9,20H,1H2,2H3.